The van der Waals surface area contributed by atoms with Gasteiger partial charge in [0.05, 0.1) is 0 Å². The van der Waals surface area contributed by atoms with Gasteiger partial charge in [0.1, 0.15) is 25.1 Å². The van der Waals surface area contributed by atoms with Crippen LogP contribution >= 0.6 is 0 Å². The van der Waals surface area contributed by atoms with E-state index >= 15 is 0 Å². The fourth-order valence-electron chi connectivity index (χ4n) is 4.24. The molecule has 3 rings (SSSR count). The van der Waals surface area contributed by atoms with E-state index in [2.05, 4.69) is 54.8 Å². The fourth-order valence-corrected chi connectivity index (χ4v) is 4.24. The predicted molar refractivity (Wildman–Crippen MR) is 152 cm³/mol. The quantitative estimate of drug-likeness (QED) is 0.213. The highest BCUT2D eigenvalue weighted by molar-refractivity contribution is 5.76. The molecule has 0 bridgehead atoms. The number of aliphatic hydroxyl groups is 2. The van der Waals surface area contributed by atoms with Crippen molar-refractivity contribution >= 4 is 5.91 Å². The van der Waals surface area contributed by atoms with Crippen molar-refractivity contribution in [1.82, 2.24) is 20.8 Å². The van der Waals surface area contributed by atoms with Crippen molar-refractivity contribution in [2.75, 3.05) is 26.3 Å². The molecule has 2 aromatic carbocycles. The van der Waals surface area contributed by atoms with E-state index in [0.717, 1.165) is 48.2 Å². The van der Waals surface area contributed by atoms with E-state index in [-0.39, 0.29) is 13.2 Å². The lowest BCUT2D eigenvalue weighted by Crippen LogP contribution is -2.36. The summed E-state index contributed by atoms with van der Waals surface area (Å²) in [6.07, 6.45) is 2.11. The minimum atomic E-state index is -0.905. The number of carbonyl (C=O) groups excluding carboxylic acids is 1. The predicted octanol–water partition coefficient (Wildman–Crippen LogP) is 4.14. The van der Waals surface area contributed by atoms with Gasteiger partial charge in [-0.25, -0.2) is 0 Å². The minimum absolute atomic E-state index is 0.00184. The summed E-state index contributed by atoms with van der Waals surface area (Å²) < 4.78 is 11.6. The third kappa shape index (κ3) is 8.61. The first-order chi connectivity index (χ1) is 18.7. The van der Waals surface area contributed by atoms with Gasteiger partial charge in [-0.05, 0) is 78.7 Å². The van der Waals surface area contributed by atoms with Gasteiger partial charge in [0.2, 0.25) is 11.7 Å². The lowest BCUT2D eigenvalue weighted by Gasteiger charge is -2.17. The molecular formula is C30H42N4O5. The van der Waals surface area contributed by atoms with Crippen LogP contribution in [0.15, 0.2) is 34.9 Å². The van der Waals surface area contributed by atoms with E-state index in [9.17, 15) is 9.90 Å². The Balaban J connectivity index is 1.79. The summed E-state index contributed by atoms with van der Waals surface area (Å²) in [5.41, 5.74) is 5.97. The molecule has 0 saturated heterocycles. The van der Waals surface area contributed by atoms with Crippen molar-refractivity contribution < 1.29 is 24.3 Å². The van der Waals surface area contributed by atoms with Crippen molar-refractivity contribution in [3.8, 4) is 28.6 Å². The number of unbranched alkanes of at least 4 members (excludes halogenated alkanes) is 1. The van der Waals surface area contributed by atoms with Crippen LogP contribution in [-0.2, 0) is 17.8 Å². The van der Waals surface area contributed by atoms with Crippen LogP contribution in [0.3, 0.4) is 0 Å². The molecule has 0 aliphatic carbocycles. The third-order valence-electron chi connectivity index (χ3n) is 6.48. The number of hydrogen-bond acceptors (Lipinski definition) is 8. The lowest BCUT2D eigenvalue weighted by molar-refractivity contribution is -0.124. The number of ether oxygens (including phenoxy) is 1. The number of rotatable bonds is 15. The summed E-state index contributed by atoms with van der Waals surface area (Å²) in [4.78, 5) is 15.9. The van der Waals surface area contributed by atoms with Crippen LogP contribution in [-0.4, -0.2) is 58.7 Å². The van der Waals surface area contributed by atoms with E-state index in [1.165, 1.54) is 11.1 Å². The Labute approximate surface area is 231 Å². The van der Waals surface area contributed by atoms with Gasteiger partial charge >= 0.3 is 0 Å². The highest BCUT2D eigenvalue weighted by Crippen LogP contribution is 2.32. The first kappa shape index (κ1) is 30.3. The van der Waals surface area contributed by atoms with E-state index in [1.807, 2.05) is 26.0 Å². The molecule has 0 aliphatic heterocycles. The average molecular weight is 539 g/mol. The molecule has 0 saturated carbocycles. The van der Waals surface area contributed by atoms with Gasteiger partial charge in [0, 0.05) is 24.2 Å². The molecule has 9 nitrogen and oxygen atoms in total. The zero-order valence-corrected chi connectivity index (χ0v) is 23.7. The van der Waals surface area contributed by atoms with Gasteiger partial charge in [0.25, 0.3) is 5.89 Å². The van der Waals surface area contributed by atoms with E-state index in [0.29, 0.717) is 29.8 Å². The lowest BCUT2D eigenvalue weighted by atomic mass is 9.97. The van der Waals surface area contributed by atoms with Crippen LogP contribution in [0.2, 0.25) is 0 Å². The fraction of sp³-hybridized carbons (Fsp3) is 0.500. The van der Waals surface area contributed by atoms with Gasteiger partial charge in [-0.3, -0.25) is 4.79 Å². The molecule has 1 heterocycles. The highest BCUT2D eigenvalue weighted by Gasteiger charge is 2.17. The molecular weight excluding hydrogens is 496 g/mol. The van der Waals surface area contributed by atoms with E-state index < -0.39 is 18.6 Å². The molecule has 4 N–H and O–H groups in total. The molecule has 212 valence electrons. The van der Waals surface area contributed by atoms with E-state index in [1.54, 1.807) is 0 Å². The molecule has 39 heavy (non-hydrogen) atoms. The van der Waals surface area contributed by atoms with Crippen LogP contribution in [0, 0.1) is 6.92 Å². The molecule has 1 unspecified atom stereocenters. The summed E-state index contributed by atoms with van der Waals surface area (Å²) in [5.74, 6) is 1.49. The smallest absolute Gasteiger partial charge is 0.258 e. The normalized spacial score (nSPS) is 12.1. The maximum Gasteiger partial charge on any atom is 0.258 e. The van der Waals surface area contributed by atoms with Crippen LogP contribution < -0.4 is 15.4 Å². The van der Waals surface area contributed by atoms with Crippen molar-refractivity contribution in [1.29, 1.82) is 0 Å². The first-order valence-corrected chi connectivity index (χ1v) is 13.8. The highest BCUT2D eigenvalue weighted by atomic mass is 16.5. The molecule has 0 fully saturated rings. The van der Waals surface area contributed by atoms with Crippen LogP contribution in [0.1, 0.15) is 68.7 Å². The number of aromatic nitrogens is 2. The number of nitrogens with one attached hydrogen (secondary N) is 2. The van der Waals surface area contributed by atoms with Crippen LogP contribution in [0.25, 0.3) is 22.8 Å². The molecule has 1 amide bonds. The summed E-state index contributed by atoms with van der Waals surface area (Å²) in [6, 6.07) is 10.4. The number of nitrogens with zero attached hydrogens (tertiary/aromatic N) is 2. The van der Waals surface area contributed by atoms with Crippen molar-refractivity contribution in [3.05, 3.63) is 52.6 Å². The largest absolute Gasteiger partial charge is 0.490 e. The number of hydrogen-bond donors (Lipinski definition) is 4. The van der Waals surface area contributed by atoms with Crippen molar-refractivity contribution in [2.45, 2.75) is 72.4 Å². The zero-order valence-electron chi connectivity index (χ0n) is 23.7. The second-order valence-electron chi connectivity index (χ2n) is 10.1. The molecule has 3 aromatic rings. The Kier molecular flexibility index (Phi) is 11.5. The maximum atomic E-state index is 11.2. The van der Waals surface area contributed by atoms with Gasteiger partial charge < -0.3 is 30.1 Å². The zero-order chi connectivity index (χ0) is 28.4. The minimum Gasteiger partial charge on any atom is -0.490 e. The van der Waals surface area contributed by atoms with Crippen LogP contribution in [0.4, 0.5) is 0 Å². The van der Waals surface area contributed by atoms with Gasteiger partial charge in [-0.1, -0.05) is 45.3 Å². The number of carbonyl (C=O) groups is 1. The Morgan fingerprint density at radius 3 is 2.62 bits per heavy atom. The SMILES string of the molecule is CCCCNCc1cc(-c2nc(-c3cc(C)c(OCC(O)CNC(=O)CO)c(CC)c3)no2)cc(C(C)C)c1. The molecule has 9 heteroatoms. The summed E-state index contributed by atoms with van der Waals surface area (Å²) in [5, 5.41) is 29.2. The Morgan fingerprint density at radius 1 is 1.13 bits per heavy atom. The molecule has 1 atom stereocenters. The Hall–Kier alpha value is -3.27. The Bertz CT molecular complexity index is 1220. The summed E-state index contributed by atoms with van der Waals surface area (Å²) in [7, 11) is 0. The van der Waals surface area contributed by atoms with E-state index in [4.69, 9.17) is 19.4 Å². The summed E-state index contributed by atoms with van der Waals surface area (Å²) in [6.45, 7) is 11.7. The van der Waals surface area contributed by atoms with Crippen molar-refractivity contribution in [2.24, 2.45) is 0 Å². The standard InChI is InChI=1S/C30H42N4O5/c1-6-8-9-31-15-21-11-23(19(3)4)14-25(12-21)30-33-29(34-39-30)24-10-20(5)28(22(7-2)13-24)38-18-26(36)16-32-27(37)17-35/h10-14,19,26,31,35-36H,6-9,15-18H2,1-5H3,(H,32,37). The maximum absolute atomic E-state index is 11.2. The topological polar surface area (TPSA) is 130 Å². The summed E-state index contributed by atoms with van der Waals surface area (Å²) >= 11 is 0. The molecule has 0 spiro atoms. The van der Waals surface area contributed by atoms with Gasteiger partial charge in [-0.15, -0.1) is 0 Å². The molecule has 0 aliphatic rings. The third-order valence-corrected chi connectivity index (χ3v) is 6.48. The molecule has 1 aromatic heterocycles. The number of benzene rings is 2. The van der Waals surface area contributed by atoms with Gasteiger partial charge in [0.15, 0.2) is 0 Å². The number of aliphatic hydroxyl groups excluding tert-OH is 2. The van der Waals surface area contributed by atoms with Gasteiger partial charge in [-0.2, -0.15) is 4.98 Å². The Morgan fingerprint density at radius 2 is 1.92 bits per heavy atom. The molecule has 0 radical (unpaired) electrons. The monoisotopic (exact) mass is 538 g/mol. The second-order valence-corrected chi connectivity index (χ2v) is 10.1. The average Bonchev–Trinajstić information content (AvgIpc) is 3.43. The van der Waals surface area contributed by atoms with Crippen LogP contribution in [0.5, 0.6) is 5.75 Å². The van der Waals surface area contributed by atoms with Crippen molar-refractivity contribution in [3.63, 3.8) is 0 Å². The number of amides is 1. The second kappa shape index (κ2) is 14.8. The number of aryl methyl sites for hydroxylation is 2. The first-order valence-electron chi connectivity index (χ1n) is 13.8.